The number of rotatable bonds is 13. The molecule has 2 unspecified atom stereocenters. The average molecular weight is 326 g/mol. The van der Waals surface area contributed by atoms with Gasteiger partial charge in [0.2, 0.25) is 0 Å². The molecule has 0 aromatic rings. The number of carbonyl (C=O) groups is 2. The van der Waals surface area contributed by atoms with Crippen molar-refractivity contribution in [3.63, 3.8) is 0 Å². The molecule has 0 aliphatic carbocycles. The number of esters is 2. The van der Waals surface area contributed by atoms with E-state index in [1.54, 1.807) is 0 Å². The van der Waals surface area contributed by atoms with Crippen molar-refractivity contribution in [1.29, 1.82) is 0 Å². The van der Waals surface area contributed by atoms with Crippen molar-refractivity contribution in [2.45, 2.75) is 12.2 Å². The molecule has 0 bridgehead atoms. The molecule has 22 heavy (non-hydrogen) atoms. The van der Waals surface area contributed by atoms with E-state index in [2.05, 4.69) is 9.47 Å². The van der Waals surface area contributed by atoms with E-state index in [4.69, 9.17) is 29.9 Å². The van der Waals surface area contributed by atoms with E-state index >= 15 is 0 Å². The Hall–Kier alpha value is -1.30. The van der Waals surface area contributed by atoms with Crippen molar-refractivity contribution in [2.75, 3.05) is 52.9 Å². The number of carbonyl (C=O) groups excluding carboxylic acids is 2. The molecule has 0 aliphatic rings. The molecule has 0 saturated carbocycles. The fourth-order valence-electron chi connectivity index (χ4n) is 0.996. The molecule has 130 valence electrons. The average Bonchev–Trinajstić information content (AvgIpc) is 2.53. The van der Waals surface area contributed by atoms with Crippen molar-refractivity contribution in [1.82, 2.24) is 0 Å². The quantitative estimate of drug-likeness (QED) is 0.201. The van der Waals surface area contributed by atoms with E-state index in [1.165, 1.54) is 0 Å². The Bertz CT molecular complexity index is 278. The van der Waals surface area contributed by atoms with Gasteiger partial charge in [0.25, 0.3) is 0 Å². The smallest absolute Gasteiger partial charge is 0.332 e. The first-order valence-electron chi connectivity index (χ1n) is 6.54. The van der Waals surface area contributed by atoms with Crippen LogP contribution in [-0.2, 0) is 28.5 Å². The third kappa shape index (κ3) is 12.4. The lowest BCUT2D eigenvalue weighted by molar-refractivity contribution is -0.156. The minimum absolute atomic E-state index is 0.0319. The van der Waals surface area contributed by atoms with E-state index in [9.17, 15) is 9.59 Å². The Kier molecular flexibility index (Phi) is 12.6. The lowest BCUT2D eigenvalue weighted by Gasteiger charge is -2.10. The standard InChI is InChI=1S/C12H22O10/c13-3-9(15)5-21-11(17)7-19-1-2-20-8-12(18)22-6-10(16)4-14/h9-10,13-16H,1-8H2. The predicted molar refractivity (Wildman–Crippen MR) is 69.7 cm³/mol. The summed E-state index contributed by atoms with van der Waals surface area (Å²) in [4.78, 5) is 22.2. The lowest BCUT2D eigenvalue weighted by Crippen LogP contribution is -2.25. The number of hydrogen-bond acceptors (Lipinski definition) is 10. The van der Waals surface area contributed by atoms with Gasteiger partial charge in [0.1, 0.15) is 38.6 Å². The van der Waals surface area contributed by atoms with E-state index in [1.807, 2.05) is 0 Å². The van der Waals surface area contributed by atoms with Crippen LogP contribution in [0.1, 0.15) is 0 Å². The fourth-order valence-corrected chi connectivity index (χ4v) is 0.996. The summed E-state index contributed by atoms with van der Waals surface area (Å²) in [5, 5.41) is 34.9. The molecule has 0 aromatic carbocycles. The van der Waals surface area contributed by atoms with Crippen LogP contribution in [0, 0.1) is 0 Å². The Balaban J connectivity index is 3.42. The molecule has 2 atom stereocenters. The summed E-state index contributed by atoms with van der Waals surface area (Å²) in [7, 11) is 0. The molecule has 0 saturated heterocycles. The van der Waals surface area contributed by atoms with E-state index in [0.717, 1.165) is 0 Å². The second-order valence-electron chi connectivity index (χ2n) is 4.14. The van der Waals surface area contributed by atoms with Crippen LogP contribution in [0.4, 0.5) is 0 Å². The molecule has 4 N–H and O–H groups in total. The fraction of sp³-hybridized carbons (Fsp3) is 0.833. The Morgan fingerprint density at radius 1 is 0.773 bits per heavy atom. The molecule has 0 fully saturated rings. The highest BCUT2D eigenvalue weighted by atomic mass is 16.6. The Morgan fingerprint density at radius 2 is 1.14 bits per heavy atom. The summed E-state index contributed by atoms with van der Waals surface area (Å²) in [6, 6.07) is 0. The van der Waals surface area contributed by atoms with Gasteiger partial charge < -0.3 is 39.4 Å². The van der Waals surface area contributed by atoms with Gasteiger partial charge in [0.15, 0.2) is 0 Å². The highest BCUT2D eigenvalue weighted by molar-refractivity contribution is 5.71. The van der Waals surface area contributed by atoms with Gasteiger partial charge in [-0.25, -0.2) is 9.59 Å². The second kappa shape index (κ2) is 13.4. The summed E-state index contributed by atoms with van der Waals surface area (Å²) in [6.07, 6.45) is -2.25. The number of ether oxygens (including phenoxy) is 4. The molecule has 0 radical (unpaired) electrons. The maximum Gasteiger partial charge on any atom is 0.332 e. The number of hydrogen-bond donors (Lipinski definition) is 4. The maximum absolute atomic E-state index is 11.1. The Labute approximate surface area is 127 Å². The van der Waals surface area contributed by atoms with Crippen molar-refractivity contribution < 1.29 is 49.0 Å². The van der Waals surface area contributed by atoms with Gasteiger partial charge in [-0.2, -0.15) is 0 Å². The van der Waals surface area contributed by atoms with E-state index < -0.39 is 37.4 Å². The lowest BCUT2D eigenvalue weighted by atomic mass is 10.4. The van der Waals surface area contributed by atoms with Crippen LogP contribution < -0.4 is 0 Å². The summed E-state index contributed by atoms with van der Waals surface area (Å²) in [6.45, 7) is -2.29. The van der Waals surface area contributed by atoms with Gasteiger partial charge in [0.05, 0.1) is 26.4 Å². The molecule has 10 nitrogen and oxygen atoms in total. The summed E-state index contributed by atoms with van der Waals surface area (Å²) >= 11 is 0. The molecular formula is C12H22O10. The largest absolute Gasteiger partial charge is 0.461 e. The van der Waals surface area contributed by atoms with Crippen LogP contribution in [0.5, 0.6) is 0 Å². The molecule has 0 rings (SSSR count). The normalized spacial score (nSPS) is 13.5. The minimum Gasteiger partial charge on any atom is -0.461 e. The first kappa shape index (κ1) is 20.7. The minimum atomic E-state index is -1.12. The predicted octanol–water partition coefficient (Wildman–Crippen LogP) is -3.19. The van der Waals surface area contributed by atoms with Gasteiger partial charge in [-0.15, -0.1) is 0 Å². The van der Waals surface area contributed by atoms with Crippen molar-refractivity contribution >= 4 is 11.9 Å². The molecule has 0 spiro atoms. The summed E-state index contributed by atoms with van der Waals surface area (Å²) in [5.41, 5.74) is 0. The van der Waals surface area contributed by atoms with Crippen LogP contribution >= 0.6 is 0 Å². The number of aliphatic hydroxyl groups excluding tert-OH is 4. The zero-order valence-corrected chi connectivity index (χ0v) is 12.0. The van der Waals surface area contributed by atoms with Crippen LogP contribution in [0.25, 0.3) is 0 Å². The van der Waals surface area contributed by atoms with Crippen molar-refractivity contribution in [2.24, 2.45) is 0 Å². The maximum atomic E-state index is 11.1. The third-order valence-electron chi connectivity index (χ3n) is 2.11. The zero-order valence-electron chi connectivity index (χ0n) is 12.0. The van der Waals surface area contributed by atoms with Crippen molar-refractivity contribution in [3.8, 4) is 0 Å². The van der Waals surface area contributed by atoms with Crippen LogP contribution in [0.2, 0.25) is 0 Å². The van der Waals surface area contributed by atoms with Crippen LogP contribution in [0.15, 0.2) is 0 Å². The molecule has 10 heteroatoms. The van der Waals surface area contributed by atoms with Gasteiger partial charge in [0, 0.05) is 0 Å². The molecular weight excluding hydrogens is 304 g/mol. The van der Waals surface area contributed by atoms with Gasteiger partial charge in [-0.05, 0) is 0 Å². The number of aliphatic hydroxyl groups is 4. The van der Waals surface area contributed by atoms with Gasteiger partial charge in [-0.1, -0.05) is 0 Å². The van der Waals surface area contributed by atoms with Crippen LogP contribution in [-0.4, -0.2) is 97.4 Å². The third-order valence-corrected chi connectivity index (χ3v) is 2.11. The molecule has 0 aliphatic heterocycles. The van der Waals surface area contributed by atoms with Crippen LogP contribution in [0.3, 0.4) is 0 Å². The van der Waals surface area contributed by atoms with Gasteiger partial charge in [-0.3, -0.25) is 0 Å². The second-order valence-corrected chi connectivity index (χ2v) is 4.14. The monoisotopic (exact) mass is 326 g/mol. The first-order valence-corrected chi connectivity index (χ1v) is 6.54. The summed E-state index contributed by atoms with van der Waals surface area (Å²) in [5.74, 6) is -1.41. The van der Waals surface area contributed by atoms with E-state index in [0.29, 0.717) is 0 Å². The molecule has 0 amide bonds. The summed E-state index contributed by atoms with van der Waals surface area (Å²) < 4.78 is 18.9. The Morgan fingerprint density at radius 3 is 1.45 bits per heavy atom. The zero-order chi connectivity index (χ0) is 16.8. The van der Waals surface area contributed by atoms with Gasteiger partial charge >= 0.3 is 11.9 Å². The molecule has 0 aromatic heterocycles. The highest BCUT2D eigenvalue weighted by Gasteiger charge is 2.09. The molecule has 0 heterocycles. The SMILES string of the molecule is O=C(COCCOCC(=O)OCC(O)CO)OCC(O)CO. The topological polar surface area (TPSA) is 152 Å². The first-order chi connectivity index (χ1) is 10.5. The van der Waals surface area contributed by atoms with Crippen molar-refractivity contribution in [3.05, 3.63) is 0 Å². The van der Waals surface area contributed by atoms with E-state index in [-0.39, 0.29) is 39.6 Å². The highest BCUT2D eigenvalue weighted by Crippen LogP contribution is 1.89.